The molecule has 0 radical (unpaired) electrons. The van der Waals surface area contributed by atoms with Crippen LogP contribution in [0.25, 0.3) is 0 Å². The zero-order valence-corrected chi connectivity index (χ0v) is 11.8. The molecule has 0 amide bonds. The van der Waals surface area contributed by atoms with E-state index >= 15 is 0 Å². The van der Waals surface area contributed by atoms with E-state index in [1.54, 1.807) is 4.89 Å². The van der Waals surface area contributed by atoms with E-state index in [1.165, 1.54) is 0 Å². The maximum absolute atomic E-state index is 13.3. The molecule has 0 aliphatic rings. The van der Waals surface area contributed by atoms with E-state index in [1.807, 2.05) is 0 Å². The first-order valence-corrected chi connectivity index (χ1v) is 6.95. The highest BCUT2D eigenvalue weighted by atomic mass is 32.2. The van der Waals surface area contributed by atoms with Gasteiger partial charge in [-0.3, -0.25) is 4.84 Å². The van der Waals surface area contributed by atoms with Crippen molar-refractivity contribution in [3.05, 3.63) is 29.6 Å². The van der Waals surface area contributed by atoms with Crippen LogP contribution < -0.4 is 4.89 Å². The molecule has 1 rings (SSSR count). The number of hydrogen-bond acceptors (Lipinski definition) is 6. The maximum Gasteiger partial charge on any atom is 0.337 e. The molecule has 0 heterocycles. The normalized spacial score (nSPS) is 12.7. The Bertz CT molecular complexity index is 659. The lowest BCUT2D eigenvalue weighted by Crippen LogP contribution is -2.32. The highest BCUT2D eigenvalue weighted by Gasteiger charge is 2.21. The Morgan fingerprint density at radius 1 is 1.33 bits per heavy atom. The lowest BCUT2D eigenvalue weighted by Gasteiger charge is -2.10. The van der Waals surface area contributed by atoms with Crippen molar-refractivity contribution in [2.75, 3.05) is 7.11 Å². The molecule has 21 heavy (non-hydrogen) atoms. The van der Waals surface area contributed by atoms with Gasteiger partial charge in [0.1, 0.15) is 5.82 Å². The third-order valence-electron chi connectivity index (χ3n) is 2.29. The molecule has 1 unspecified atom stereocenters. The monoisotopic (exact) mass is 321 g/mol. The van der Waals surface area contributed by atoms with Gasteiger partial charge in [0.15, 0.2) is 6.10 Å². The number of methoxy groups -OCH3 is 1. The Hall–Kier alpha value is -2.04. The number of carboxylic acids is 1. The number of ether oxygens (including phenoxy) is 1. The number of halogens is 1. The highest BCUT2D eigenvalue weighted by Crippen LogP contribution is 2.15. The second-order valence-electron chi connectivity index (χ2n) is 3.85. The number of carbonyl (C=O) groups is 2. The molecule has 0 aliphatic heterocycles. The number of sulfonamides is 1. The first kappa shape index (κ1) is 17.0. The summed E-state index contributed by atoms with van der Waals surface area (Å²) in [5.74, 6) is -3.30. The SMILES string of the molecule is COC(=O)c1cc(F)cc(S(=O)(=O)NOC(C)C(=O)O)c1. The van der Waals surface area contributed by atoms with Crippen molar-refractivity contribution in [3.63, 3.8) is 0 Å². The number of benzene rings is 1. The van der Waals surface area contributed by atoms with Gasteiger partial charge >= 0.3 is 11.9 Å². The predicted molar refractivity (Wildman–Crippen MR) is 66.2 cm³/mol. The summed E-state index contributed by atoms with van der Waals surface area (Å²) in [5, 5.41) is 8.56. The van der Waals surface area contributed by atoms with E-state index in [-0.39, 0.29) is 5.56 Å². The summed E-state index contributed by atoms with van der Waals surface area (Å²) in [7, 11) is -3.31. The zero-order chi connectivity index (χ0) is 16.2. The van der Waals surface area contributed by atoms with Crippen LogP contribution >= 0.6 is 0 Å². The fraction of sp³-hybridized carbons (Fsp3) is 0.273. The van der Waals surface area contributed by atoms with Crippen LogP contribution in [-0.2, 0) is 24.4 Å². The van der Waals surface area contributed by atoms with Crippen LogP contribution in [0.4, 0.5) is 4.39 Å². The number of hydrogen-bond donors (Lipinski definition) is 2. The van der Waals surface area contributed by atoms with E-state index in [4.69, 9.17) is 5.11 Å². The van der Waals surface area contributed by atoms with Gasteiger partial charge in [-0.1, -0.05) is 4.89 Å². The Morgan fingerprint density at radius 2 is 1.95 bits per heavy atom. The predicted octanol–water partition coefficient (Wildman–Crippen LogP) is 0.295. The van der Waals surface area contributed by atoms with Crippen molar-refractivity contribution in [2.45, 2.75) is 17.9 Å². The fourth-order valence-corrected chi connectivity index (χ4v) is 2.10. The Morgan fingerprint density at radius 3 is 2.48 bits per heavy atom. The Labute approximate surface area is 119 Å². The average Bonchev–Trinajstić information content (AvgIpc) is 2.43. The molecule has 2 N–H and O–H groups in total. The summed E-state index contributed by atoms with van der Waals surface area (Å²) in [6.45, 7) is 1.09. The average molecular weight is 321 g/mol. The number of aliphatic carboxylic acids is 1. The van der Waals surface area contributed by atoms with E-state index in [0.717, 1.165) is 26.2 Å². The largest absolute Gasteiger partial charge is 0.479 e. The van der Waals surface area contributed by atoms with Crippen molar-refractivity contribution in [2.24, 2.45) is 0 Å². The van der Waals surface area contributed by atoms with E-state index in [9.17, 15) is 22.4 Å². The fourth-order valence-electron chi connectivity index (χ4n) is 1.19. The summed E-state index contributed by atoms with van der Waals surface area (Å²) >= 11 is 0. The van der Waals surface area contributed by atoms with Gasteiger partial charge in [0, 0.05) is 0 Å². The summed E-state index contributed by atoms with van der Waals surface area (Å²) in [6, 6.07) is 2.31. The molecule has 1 atom stereocenters. The first-order chi connectivity index (χ1) is 9.67. The molecule has 116 valence electrons. The standard InChI is InChI=1S/C11H12FNO7S/c1-6(10(14)15)20-13-21(17,18)9-4-7(11(16)19-2)3-8(12)5-9/h3-6,13H,1-2H3,(H,14,15). The molecule has 0 saturated carbocycles. The number of carbonyl (C=O) groups excluding carboxylic acids is 1. The number of nitrogens with one attached hydrogen (secondary N) is 1. The lowest BCUT2D eigenvalue weighted by atomic mass is 10.2. The molecule has 10 heteroatoms. The van der Waals surface area contributed by atoms with Crippen LogP contribution in [-0.4, -0.2) is 38.7 Å². The molecule has 8 nitrogen and oxygen atoms in total. The number of carboxylic acid groups (broad SMARTS) is 1. The topological polar surface area (TPSA) is 119 Å². The van der Waals surface area contributed by atoms with E-state index in [2.05, 4.69) is 9.57 Å². The van der Waals surface area contributed by atoms with Gasteiger partial charge in [0.25, 0.3) is 10.0 Å². The quantitative estimate of drug-likeness (QED) is 0.571. The van der Waals surface area contributed by atoms with Gasteiger partial charge in [-0.2, -0.15) is 0 Å². The third kappa shape index (κ3) is 4.48. The number of rotatable bonds is 6. The molecular formula is C11H12FNO7S. The summed E-state index contributed by atoms with van der Waals surface area (Å²) in [5.41, 5.74) is -0.316. The van der Waals surface area contributed by atoms with Crippen LogP contribution in [0.3, 0.4) is 0 Å². The van der Waals surface area contributed by atoms with Gasteiger partial charge < -0.3 is 9.84 Å². The van der Waals surface area contributed by atoms with Crippen LogP contribution in [0.2, 0.25) is 0 Å². The van der Waals surface area contributed by atoms with Gasteiger partial charge in [0.05, 0.1) is 17.6 Å². The Balaban J connectivity index is 3.05. The molecule has 0 spiro atoms. The highest BCUT2D eigenvalue weighted by molar-refractivity contribution is 7.89. The first-order valence-electron chi connectivity index (χ1n) is 5.46. The maximum atomic E-state index is 13.3. The molecule has 1 aromatic rings. The lowest BCUT2D eigenvalue weighted by molar-refractivity contribution is -0.151. The molecule has 1 aromatic carbocycles. The van der Waals surface area contributed by atoms with Crippen molar-refractivity contribution in [1.29, 1.82) is 0 Å². The molecule has 0 aromatic heterocycles. The summed E-state index contributed by atoms with van der Waals surface area (Å²) in [6.07, 6.45) is -1.45. The van der Waals surface area contributed by atoms with E-state index in [0.29, 0.717) is 6.07 Å². The van der Waals surface area contributed by atoms with Crippen molar-refractivity contribution < 1.29 is 37.1 Å². The minimum absolute atomic E-state index is 0.316. The van der Waals surface area contributed by atoms with Crippen LogP contribution in [0.15, 0.2) is 23.1 Å². The number of esters is 1. The van der Waals surface area contributed by atoms with Crippen molar-refractivity contribution in [1.82, 2.24) is 4.89 Å². The van der Waals surface area contributed by atoms with Crippen molar-refractivity contribution >= 4 is 22.0 Å². The molecule has 0 aliphatic carbocycles. The van der Waals surface area contributed by atoms with Crippen molar-refractivity contribution in [3.8, 4) is 0 Å². The van der Waals surface area contributed by atoms with Crippen LogP contribution in [0.5, 0.6) is 0 Å². The second-order valence-corrected chi connectivity index (χ2v) is 5.50. The van der Waals surface area contributed by atoms with Crippen LogP contribution in [0.1, 0.15) is 17.3 Å². The Kier molecular flexibility index (Phi) is 5.35. The smallest absolute Gasteiger partial charge is 0.337 e. The summed E-state index contributed by atoms with van der Waals surface area (Å²) in [4.78, 5) is 27.1. The van der Waals surface area contributed by atoms with Crippen LogP contribution in [0, 0.1) is 5.82 Å². The van der Waals surface area contributed by atoms with Gasteiger partial charge in [0.2, 0.25) is 0 Å². The molecule has 0 fully saturated rings. The minimum atomic E-state index is -4.36. The molecule has 0 bridgehead atoms. The van der Waals surface area contributed by atoms with Gasteiger partial charge in [-0.15, -0.1) is 0 Å². The molecule has 0 saturated heterocycles. The third-order valence-corrected chi connectivity index (χ3v) is 3.46. The second kappa shape index (κ2) is 6.61. The van der Waals surface area contributed by atoms with Gasteiger partial charge in [-0.05, 0) is 25.1 Å². The zero-order valence-electron chi connectivity index (χ0n) is 11.0. The van der Waals surface area contributed by atoms with Gasteiger partial charge in [-0.25, -0.2) is 22.4 Å². The summed E-state index contributed by atoms with van der Waals surface area (Å²) < 4.78 is 41.4. The minimum Gasteiger partial charge on any atom is -0.479 e. The molecular weight excluding hydrogens is 309 g/mol. The van der Waals surface area contributed by atoms with E-state index < -0.39 is 38.8 Å².